The predicted molar refractivity (Wildman–Crippen MR) is 142 cm³/mol. The van der Waals surface area contributed by atoms with Crippen molar-refractivity contribution < 1.29 is 28.2 Å². The number of carbonyl (C=O) groups excluding carboxylic acids is 2. The standard InChI is InChI=1S/C28H26FN3O5.ClH/c1-35-23-15-18-20(16-24(23)36-2)31-14-9-21(18)37-22-6-4-3-5-19(22)28(29)10-7-17(8-11-28)32-26(34)27(12-13-27)25(30)33;/h3-10,14-16H,11-13H2,1-2H3,(H2,30,33)(H,32,34);1H. The number of ether oxygens (including phenoxy) is 3. The molecule has 1 fully saturated rings. The van der Waals surface area contributed by atoms with Gasteiger partial charge < -0.3 is 25.3 Å². The molecule has 1 unspecified atom stereocenters. The van der Waals surface area contributed by atoms with Crippen LogP contribution in [-0.4, -0.2) is 31.0 Å². The molecule has 10 heteroatoms. The van der Waals surface area contributed by atoms with Gasteiger partial charge in [-0.15, -0.1) is 12.4 Å². The van der Waals surface area contributed by atoms with E-state index in [0.717, 1.165) is 0 Å². The molecule has 1 aromatic heterocycles. The average Bonchev–Trinajstić information content (AvgIpc) is 3.72. The molecule has 198 valence electrons. The summed E-state index contributed by atoms with van der Waals surface area (Å²) in [7, 11) is 3.09. The van der Waals surface area contributed by atoms with Crippen LogP contribution in [0.15, 0.2) is 72.6 Å². The van der Waals surface area contributed by atoms with E-state index in [9.17, 15) is 9.59 Å². The van der Waals surface area contributed by atoms with Crippen molar-refractivity contribution in [3.8, 4) is 23.0 Å². The van der Waals surface area contributed by atoms with E-state index in [2.05, 4.69) is 10.3 Å². The van der Waals surface area contributed by atoms with Gasteiger partial charge in [0.15, 0.2) is 17.2 Å². The molecule has 2 amide bonds. The Labute approximate surface area is 225 Å². The Morgan fingerprint density at radius 1 is 1.03 bits per heavy atom. The topological polar surface area (TPSA) is 113 Å². The molecular formula is C28H27ClFN3O5. The SMILES string of the molecule is COc1cc2nccc(Oc3ccccc3C3(F)C=CC(NC(=O)C4(C(N)=O)CC4)=CC3)c2cc1OC.Cl. The number of para-hydroxylation sites is 1. The van der Waals surface area contributed by atoms with Crippen molar-refractivity contribution in [1.82, 2.24) is 10.3 Å². The number of nitrogens with zero attached hydrogens (tertiary/aromatic N) is 1. The zero-order chi connectivity index (χ0) is 26.2. The number of nitrogens with one attached hydrogen (secondary N) is 1. The molecule has 3 N–H and O–H groups in total. The maximum absolute atomic E-state index is 16.2. The number of allylic oxidation sites excluding steroid dienone is 3. The van der Waals surface area contributed by atoms with Crippen LogP contribution in [-0.2, 0) is 15.3 Å². The Kier molecular flexibility index (Phi) is 7.33. The molecule has 0 aliphatic heterocycles. The lowest BCUT2D eigenvalue weighted by Gasteiger charge is -2.27. The highest BCUT2D eigenvalue weighted by Gasteiger charge is 2.55. The number of pyridine rings is 1. The second-order valence-electron chi connectivity index (χ2n) is 9.09. The number of fused-ring (bicyclic) bond motifs is 1. The van der Waals surface area contributed by atoms with Crippen molar-refractivity contribution >= 4 is 35.1 Å². The highest BCUT2D eigenvalue weighted by molar-refractivity contribution is 6.07. The van der Waals surface area contributed by atoms with Gasteiger partial charge in [0.1, 0.15) is 16.9 Å². The van der Waals surface area contributed by atoms with Crippen LogP contribution in [0.2, 0.25) is 0 Å². The number of halogens is 2. The number of carbonyl (C=O) groups is 2. The van der Waals surface area contributed by atoms with Crippen molar-refractivity contribution in [2.45, 2.75) is 24.9 Å². The molecule has 1 saturated carbocycles. The van der Waals surface area contributed by atoms with Gasteiger partial charge in [-0.25, -0.2) is 4.39 Å². The van der Waals surface area contributed by atoms with Crippen LogP contribution in [0.3, 0.4) is 0 Å². The zero-order valence-electron chi connectivity index (χ0n) is 20.8. The van der Waals surface area contributed by atoms with Crippen molar-refractivity contribution in [2.75, 3.05) is 14.2 Å². The Morgan fingerprint density at radius 2 is 1.74 bits per heavy atom. The van der Waals surface area contributed by atoms with E-state index in [0.29, 0.717) is 58.0 Å². The molecule has 2 aliphatic carbocycles. The van der Waals surface area contributed by atoms with Crippen LogP contribution in [0.1, 0.15) is 24.8 Å². The van der Waals surface area contributed by atoms with Crippen molar-refractivity contribution in [1.29, 1.82) is 0 Å². The first-order chi connectivity index (χ1) is 17.8. The molecule has 38 heavy (non-hydrogen) atoms. The van der Waals surface area contributed by atoms with Gasteiger partial charge in [-0.2, -0.15) is 0 Å². The van der Waals surface area contributed by atoms with E-state index in [4.69, 9.17) is 19.9 Å². The Hall–Kier alpha value is -4.11. The second-order valence-corrected chi connectivity index (χ2v) is 9.09. The third-order valence-corrected chi connectivity index (χ3v) is 6.82. The predicted octanol–water partition coefficient (Wildman–Crippen LogP) is 4.86. The molecule has 0 saturated heterocycles. The quantitative estimate of drug-likeness (QED) is 0.395. The van der Waals surface area contributed by atoms with E-state index >= 15 is 4.39 Å². The summed E-state index contributed by atoms with van der Waals surface area (Å²) in [6.45, 7) is 0. The lowest BCUT2D eigenvalue weighted by Crippen LogP contribution is -2.40. The van der Waals surface area contributed by atoms with Gasteiger partial charge in [-0.3, -0.25) is 14.6 Å². The number of hydrogen-bond acceptors (Lipinski definition) is 6. The van der Waals surface area contributed by atoms with Gasteiger partial charge in [-0.05, 0) is 43.2 Å². The summed E-state index contributed by atoms with van der Waals surface area (Å²) in [5.74, 6) is 0.768. The van der Waals surface area contributed by atoms with E-state index in [1.807, 2.05) is 0 Å². The fourth-order valence-corrected chi connectivity index (χ4v) is 4.42. The van der Waals surface area contributed by atoms with E-state index in [1.54, 1.807) is 69.0 Å². The Bertz CT molecular complexity index is 1470. The van der Waals surface area contributed by atoms with Crippen molar-refractivity contribution in [3.05, 3.63) is 78.1 Å². The third kappa shape index (κ3) is 4.77. The van der Waals surface area contributed by atoms with Crippen LogP contribution in [0.4, 0.5) is 4.39 Å². The van der Waals surface area contributed by atoms with Crippen LogP contribution in [0.25, 0.3) is 10.9 Å². The van der Waals surface area contributed by atoms with Gasteiger partial charge in [0.2, 0.25) is 11.8 Å². The maximum atomic E-state index is 16.2. The normalized spacial score (nSPS) is 19.1. The molecular weight excluding hydrogens is 513 g/mol. The van der Waals surface area contributed by atoms with Crippen LogP contribution in [0, 0.1) is 5.41 Å². The van der Waals surface area contributed by atoms with Crippen molar-refractivity contribution in [3.63, 3.8) is 0 Å². The summed E-state index contributed by atoms with van der Waals surface area (Å²) in [6.07, 6.45) is 6.88. The average molecular weight is 540 g/mol. The van der Waals surface area contributed by atoms with Crippen LogP contribution < -0.4 is 25.3 Å². The number of aromatic nitrogens is 1. The number of hydrogen-bond donors (Lipinski definition) is 2. The smallest absolute Gasteiger partial charge is 0.240 e. The molecule has 5 rings (SSSR count). The summed E-state index contributed by atoms with van der Waals surface area (Å²) < 4.78 is 33.3. The fraction of sp³-hybridized carbons (Fsp3) is 0.250. The largest absolute Gasteiger partial charge is 0.493 e. The maximum Gasteiger partial charge on any atom is 0.240 e. The molecule has 0 bridgehead atoms. The number of primary amides is 1. The Balaban J connectivity index is 0.00000336. The molecule has 0 radical (unpaired) electrons. The lowest BCUT2D eigenvalue weighted by atomic mass is 9.87. The monoisotopic (exact) mass is 539 g/mol. The van der Waals surface area contributed by atoms with Crippen LogP contribution >= 0.6 is 12.4 Å². The molecule has 1 heterocycles. The highest BCUT2D eigenvalue weighted by Crippen LogP contribution is 2.46. The van der Waals surface area contributed by atoms with Crippen LogP contribution in [0.5, 0.6) is 23.0 Å². The lowest BCUT2D eigenvalue weighted by molar-refractivity contribution is -0.134. The van der Waals surface area contributed by atoms with Gasteiger partial charge >= 0.3 is 0 Å². The van der Waals surface area contributed by atoms with Gasteiger partial charge in [0, 0.05) is 35.3 Å². The van der Waals surface area contributed by atoms with E-state index in [-0.39, 0.29) is 18.8 Å². The number of alkyl halides is 1. The van der Waals surface area contributed by atoms with E-state index in [1.165, 1.54) is 12.2 Å². The number of rotatable bonds is 8. The molecule has 3 aromatic rings. The summed E-state index contributed by atoms with van der Waals surface area (Å²) in [5, 5.41) is 3.37. The van der Waals surface area contributed by atoms with Crippen molar-refractivity contribution in [2.24, 2.45) is 11.1 Å². The highest BCUT2D eigenvalue weighted by atomic mass is 35.5. The summed E-state index contributed by atoms with van der Waals surface area (Å²) in [6, 6.07) is 12.1. The number of amides is 2. The molecule has 0 spiro atoms. The minimum atomic E-state index is -1.88. The first-order valence-electron chi connectivity index (χ1n) is 11.8. The molecule has 8 nitrogen and oxygen atoms in total. The first kappa shape index (κ1) is 26.9. The third-order valence-electron chi connectivity index (χ3n) is 6.82. The minimum Gasteiger partial charge on any atom is -0.493 e. The summed E-state index contributed by atoms with van der Waals surface area (Å²) >= 11 is 0. The molecule has 1 atom stereocenters. The summed E-state index contributed by atoms with van der Waals surface area (Å²) in [4.78, 5) is 28.5. The number of methoxy groups -OCH3 is 2. The van der Waals surface area contributed by atoms with Gasteiger partial charge in [-0.1, -0.05) is 24.3 Å². The van der Waals surface area contributed by atoms with Gasteiger partial charge in [0.25, 0.3) is 0 Å². The Morgan fingerprint density at radius 3 is 2.37 bits per heavy atom. The van der Waals surface area contributed by atoms with E-state index < -0.39 is 22.9 Å². The first-order valence-corrected chi connectivity index (χ1v) is 11.8. The molecule has 2 aliphatic rings. The minimum absolute atomic E-state index is 0. The second kappa shape index (κ2) is 10.3. The zero-order valence-corrected chi connectivity index (χ0v) is 21.6. The number of nitrogens with two attached hydrogens (primary N) is 1. The molecule has 2 aromatic carbocycles. The number of benzene rings is 2. The van der Waals surface area contributed by atoms with Gasteiger partial charge in [0.05, 0.1) is 19.7 Å². The summed E-state index contributed by atoms with van der Waals surface area (Å²) in [5.41, 5.74) is 3.72. The fourth-order valence-electron chi connectivity index (χ4n) is 4.42.